The molecule has 1 amide bonds. The van der Waals surface area contributed by atoms with Crippen LogP contribution in [0.1, 0.15) is 31.0 Å². The first-order valence-electron chi connectivity index (χ1n) is 9.33. The number of amides is 1. The van der Waals surface area contributed by atoms with Crippen LogP contribution >= 0.6 is 0 Å². The molecule has 0 bridgehead atoms. The van der Waals surface area contributed by atoms with Crippen LogP contribution in [0.5, 0.6) is 11.5 Å². The Hall–Kier alpha value is -2.78. The van der Waals surface area contributed by atoms with Crippen molar-refractivity contribution in [3.8, 4) is 11.5 Å². The second-order valence-corrected chi connectivity index (χ2v) is 8.98. The van der Waals surface area contributed by atoms with Gasteiger partial charge in [0.2, 0.25) is 22.7 Å². The molecule has 0 fully saturated rings. The van der Waals surface area contributed by atoms with Gasteiger partial charge in [-0.15, -0.1) is 0 Å². The van der Waals surface area contributed by atoms with E-state index in [1.807, 2.05) is 36.9 Å². The molecular formula is C20H23N3O5S. The molecule has 4 rings (SSSR count). The molecule has 0 unspecified atom stereocenters. The summed E-state index contributed by atoms with van der Waals surface area (Å²) in [6, 6.07) is 10.3. The lowest BCUT2D eigenvalue weighted by Crippen LogP contribution is -2.40. The van der Waals surface area contributed by atoms with Gasteiger partial charge in [-0.3, -0.25) is 4.79 Å². The summed E-state index contributed by atoms with van der Waals surface area (Å²) < 4.78 is 33.9. The lowest BCUT2D eigenvalue weighted by atomic mass is 10.1. The fourth-order valence-electron chi connectivity index (χ4n) is 3.80. The third-order valence-corrected chi connectivity index (χ3v) is 6.24. The van der Waals surface area contributed by atoms with E-state index >= 15 is 0 Å². The normalized spacial score (nSPS) is 18.4. The lowest BCUT2D eigenvalue weighted by molar-refractivity contribution is -0.120. The van der Waals surface area contributed by atoms with Crippen molar-refractivity contribution in [2.45, 2.75) is 37.2 Å². The van der Waals surface area contributed by atoms with Gasteiger partial charge in [0, 0.05) is 11.7 Å². The number of hydrogen-bond donors (Lipinski definition) is 2. The molecule has 0 saturated heterocycles. The highest BCUT2D eigenvalue weighted by atomic mass is 32.2. The Morgan fingerprint density at radius 2 is 2.00 bits per heavy atom. The Bertz CT molecular complexity index is 1070. The maximum Gasteiger partial charge on any atom is 0.240 e. The Labute approximate surface area is 169 Å². The van der Waals surface area contributed by atoms with Gasteiger partial charge in [0.25, 0.3) is 0 Å². The van der Waals surface area contributed by atoms with Crippen LogP contribution in [0.15, 0.2) is 41.3 Å². The second-order valence-electron chi connectivity index (χ2n) is 7.42. The lowest BCUT2D eigenvalue weighted by Gasteiger charge is -2.25. The molecule has 0 radical (unpaired) electrons. The van der Waals surface area contributed by atoms with E-state index in [-0.39, 0.29) is 36.2 Å². The maximum atomic E-state index is 12.7. The number of nitrogens with zero attached hydrogens (tertiary/aromatic N) is 1. The molecule has 2 heterocycles. The number of nitrogens with two attached hydrogens (primary N) is 1. The van der Waals surface area contributed by atoms with E-state index in [0.717, 1.165) is 16.8 Å². The van der Waals surface area contributed by atoms with Gasteiger partial charge in [-0.05, 0) is 61.7 Å². The van der Waals surface area contributed by atoms with E-state index in [9.17, 15) is 13.2 Å². The van der Waals surface area contributed by atoms with E-state index in [4.69, 9.17) is 14.6 Å². The SMILES string of the molecule is C[C@@H]1Cc2cc(S(N)(=O)=O)ccc2N1CC(=O)N[C@H](C)c1ccc2c(c1)OCO2. The topological polar surface area (TPSA) is 111 Å². The molecule has 0 saturated carbocycles. The number of carbonyl (C=O) groups excluding carboxylic acids is 1. The smallest absolute Gasteiger partial charge is 0.240 e. The number of carbonyl (C=O) groups is 1. The molecule has 2 aliphatic heterocycles. The zero-order valence-corrected chi connectivity index (χ0v) is 17.0. The maximum absolute atomic E-state index is 12.7. The minimum absolute atomic E-state index is 0.0762. The van der Waals surface area contributed by atoms with E-state index in [1.165, 1.54) is 6.07 Å². The summed E-state index contributed by atoms with van der Waals surface area (Å²) in [5.74, 6) is 1.26. The van der Waals surface area contributed by atoms with Crippen molar-refractivity contribution in [3.63, 3.8) is 0 Å². The minimum atomic E-state index is -3.75. The van der Waals surface area contributed by atoms with Crippen LogP contribution in [0.2, 0.25) is 0 Å². The molecule has 2 atom stereocenters. The zero-order valence-electron chi connectivity index (χ0n) is 16.2. The number of sulfonamides is 1. The summed E-state index contributed by atoms with van der Waals surface area (Å²) in [5, 5.41) is 8.23. The molecule has 2 aromatic rings. The monoisotopic (exact) mass is 417 g/mol. The first kappa shape index (κ1) is 19.5. The highest BCUT2D eigenvalue weighted by molar-refractivity contribution is 7.89. The van der Waals surface area contributed by atoms with Crippen LogP contribution in [0.3, 0.4) is 0 Å². The number of ether oxygens (including phenoxy) is 2. The summed E-state index contributed by atoms with van der Waals surface area (Å²) in [6.07, 6.45) is 0.656. The Morgan fingerprint density at radius 3 is 2.76 bits per heavy atom. The average Bonchev–Trinajstić information content (AvgIpc) is 3.24. The quantitative estimate of drug-likeness (QED) is 0.766. The fraction of sp³-hybridized carbons (Fsp3) is 0.350. The van der Waals surface area contributed by atoms with Crippen molar-refractivity contribution in [1.82, 2.24) is 5.32 Å². The largest absolute Gasteiger partial charge is 0.454 e. The van der Waals surface area contributed by atoms with Crippen LogP contribution in [0.25, 0.3) is 0 Å². The van der Waals surface area contributed by atoms with Gasteiger partial charge >= 0.3 is 0 Å². The van der Waals surface area contributed by atoms with Crippen LogP contribution in [0, 0.1) is 0 Å². The first-order valence-corrected chi connectivity index (χ1v) is 10.9. The van der Waals surface area contributed by atoms with Gasteiger partial charge in [0.1, 0.15) is 0 Å². The molecule has 0 aliphatic carbocycles. The van der Waals surface area contributed by atoms with Crippen LogP contribution in [0.4, 0.5) is 5.69 Å². The first-order chi connectivity index (χ1) is 13.7. The molecule has 9 heteroatoms. The predicted octanol–water partition coefficient (Wildman–Crippen LogP) is 1.69. The molecule has 3 N–H and O–H groups in total. The summed E-state index contributed by atoms with van der Waals surface area (Å²) in [5.41, 5.74) is 2.66. The van der Waals surface area contributed by atoms with E-state index in [2.05, 4.69) is 5.32 Å². The standard InChI is InChI=1S/C20H23N3O5S/c1-12-7-15-8-16(29(21,25)26)4-5-17(15)23(12)10-20(24)22-13(2)14-3-6-18-19(9-14)28-11-27-18/h3-6,8-9,12-13H,7,10-11H2,1-2H3,(H,22,24)(H2,21,25,26)/t12-,13-/m1/s1. The number of fused-ring (bicyclic) bond motifs is 2. The molecule has 8 nitrogen and oxygen atoms in total. The van der Waals surface area contributed by atoms with Gasteiger partial charge in [0.05, 0.1) is 17.5 Å². The summed E-state index contributed by atoms with van der Waals surface area (Å²) in [7, 11) is -3.75. The van der Waals surface area contributed by atoms with Crippen molar-refractivity contribution < 1.29 is 22.7 Å². The molecule has 0 aromatic heterocycles. The van der Waals surface area contributed by atoms with Gasteiger partial charge < -0.3 is 19.7 Å². The van der Waals surface area contributed by atoms with Gasteiger partial charge in [0.15, 0.2) is 11.5 Å². The average molecular weight is 417 g/mol. The van der Waals surface area contributed by atoms with Crippen molar-refractivity contribution in [3.05, 3.63) is 47.5 Å². The third-order valence-electron chi connectivity index (χ3n) is 5.32. The predicted molar refractivity (Wildman–Crippen MR) is 107 cm³/mol. The number of hydrogen-bond acceptors (Lipinski definition) is 6. The Morgan fingerprint density at radius 1 is 1.24 bits per heavy atom. The van der Waals surface area contributed by atoms with Crippen LogP contribution in [-0.4, -0.2) is 33.7 Å². The summed E-state index contributed by atoms with van der Waals surface area (Å²) >= 11 is 0. The molecule has 2 aliphatic rings. The van der Waals surface area contributed by atoms with Crippen molar-refractivity contribution in [1.29, 1.82) is 0 Å². The molecule has 29 heavy (non-hydrogen) atoms. The molecule has 2 aromatic carbocycles. The van der Waals surface area contributed by atoms with Crippen molar-refractivity contribution in [2.24, 2.45) is 5.14 Å². The number of anilines is 1. The number of primary sulfonamides is 1. The highest BCUT2D eigenvalue weighted by Gasteiger charge is 2.29. The van der Waals surface area contributed by atoms with Gasteiger partial charge in [-0.1, -0.05) is 6.07 Å². The highest BCUT2D eigenvalue weighted by Crippen LogP contribution is 2.35. The fourth-order valence-corrected chi connectivity index (χ4v) is 4.36. The second kappa shape index (κ2) is 7.23. The number of nitrogens with one attached hydrogen (secondary N) is 1. The Kier molecular flexibility index (Phi) is 4.87. The number of benzene rings is 2. The van der Waals surface area contributed by atoms with E-state index < -0.39 is 10.0 Å². The van der Waals surface area contributed by atoms with Crippen LogP contribution < -0.4 is 24.8 Å². The number of rotatable bonds is 5. The third kappa shape index (κ3) is 3.88. The minimum Gasteiger partial charge on any atom is -0.454 e. The summed E-state index contributed by atoms with van der Waals surface area (Å²) in [6.45, 7) is 4.30. The van der Waals surface area contributed by atoms with E-state index in [0.29, 0.717) is 17.9 Å². The molecule has 154 valence electrons. The molecular weight excluding hydrogens is 394 g/mol. The van der Waals surface area contributed by atoms with Gasteiger partial charge in [-0.2, -0.15) is 0 Å². The van der Waals surface area contributed by atoms with Crippen molar-refractivity contribution in [2.75, 3.05) is 18.2 Å². The van der Waals surface area contributed by atoms with E-state index in [1.54, 1.807) is 12.1 Å². The van der Waals surface area contributed by atoms with Crippen LogP contribution in [-0.2, 0) is 21.2 Å². The molecule has 0 spiro atoms. The zero-order chi connectivity index (χ0) is 20.8. The Balaban J connectivity index is 1.45. The van der Waals surface area contributed by atoms with Gasteiger partial charge in [-0.25, -0.2) is 13.6 Å². The summed E-state index contributed by atoms with van der Waals surface area (Å²) in [4.78, 5) is 14.7. The van der Waals surface area contributed by atoms with Crippen molar-refractivity contribution >= 4 is 21.6 Å².